The fraction of sp³-hybridized carbons (Fsp3) is 0.160. The van der Waals surface area contributed by atoms with E-state index in [0.717, 1.165) is 35.5 Å². The van der Waals surface area contributed by atoms with Crippen molar-refractivity contribution >= 4 is 11.9 Å². The third-order valence-corrected chi connectivity index (χ3v) is 4.77. The van der Waals surface area contributed by atoms with Crippen LogP contribution >= 0.6 is 0 Å². The summed E-state index contributed by atoms with van der Waals surface area (Å²) in [7, 11) is 3.35. The van der Waals surface area contributed by atoms with Crippen molar-refractivity contribution in [3.8, 4) is 11.5 Å². The first-order valence-electron chi connectivity index (χ1n) is 9.47. The summed E-state index contributed by atoms with van der Waals surface area (Å²) in [5.41, 5.74) is 11.1. The zero-order chi connectivity index (χ0) is 20.6. The second-order valence-corrected chi connectivity index (χ2v) is 6.89. The van der Waals surface area contributed by atoms with Crippen LogP contribution in [-0.2, 0) is 12.8 Å². The number of hydrogen-bond acceptors (Lipinski definition) is 3. The number of nitrogens with one attached hydrogen (secondary N) is 1. The molecule has 3 rings (SSSR count). The predicted molar refractivity (Wildman–Crippen MR) is 119 cm³/mol. The molecule has 0 amide bonds. The molecular weight excluding hydrogens is 360 g/mol. The van der Waals surface area contributed by atoms with Gasteiger partial charge in [-0.25, -0.2) is 0 Å². The molecule has 0 atom stereocenters. The van der Waals surface area contributed by atoms with E-state index in [1.54, 1.807) is 14.2 Å². The van der Waals surface area contributed by atoms with Crippen molar-refractivity contribution in [2.24, 2.45) is 5.73 Å². The molecule has 4 nitrogen and oxygen atoms in total. The monoisotopic (exact) mass is 386 g/mol. The van der Waals surface area contributed by atoms with Gasteiger partial charge in [-0.2, -0.15) is 0 Å². The van der Waals surface area contributed by atoms with Crippen LogP contribution in [0.2, 0.25) is 0 Å². The number of rotatable bonds is 8. The molecular formula is C25H26N2O2. The van der Waals surface area contributed by atoms with Crippen molar-refractivity contribution in [3.63, 3.8) is 0 Å². The molecule has 4 heteroatoms. The molecule has 0 aliphatic heterocycles. The highest BCUT2D eigenvalue weighted by Crippen LogP contribution is 2.21. The van der Waals surface area contributed by atoms with E-state index in [1.807, 2.05) is 48.5 Å². The first-order chi connectivity index (χ1) is 14.1. The Morgan fingerprint density at radius 3 is 1.59 bits per heavy atom. The molecule has 0 fully saturated rings. The van der Waals surface area contributed by atoms with Crippen LogP contribution < -0.4 is 15.2 Å². The van der Waals surface area contributed by atoms with E-state index in [4.69, 9.17) is 20.6 Å². The van der Waals surface area contributed by atoms with Crippen LogP contribution in [0.5, 0.6) is 11.5 Å². The lowest BCUT2D eigenvalue weighted by Gasteiger charge is -2.11. The van der Waals surface area contributed by atoms with Gasteiger partial charge in [-0.3, -0.25) is 5.41 Å². The Balaban J connectivity index is 1.87. The van der Waals surface area contributed by atoms with E-state index in [2.05, 4.69) is 30.3 Å². The van der Waals surface area contributed by atoms with E-state index in [9.17, 15) is 0 Å². The Labute approximate surface area is 172 Å². The average Bonchev–Trinajstić information content (AvgIpc) is 2.75. The summed E-state index contributed by atoms with van der Waals surface area (Å²) < 4.78 is 10.5. The lowest BCUT2D eigenvalue weighted by Crippen LogP contribution is -2.10. The van der Waals surface area contributed by atoms with Gasteiger partial charge < -0.3 is 15.2 Å². The van der Waals surface area contributed by atoms with E-state index in [0.29, 0.717) is 0 Å². The fourth-order valence-corrected chi connectivity index (χ4v) is 3.17. The standard InChI is InChI=1S/C25H26N2O2/c1-28-23-11-5-19(6-12-23)16-21(17-20-7-13-24(29-2)14-8-20)15-18-3-9-22(10-4-18)25(26)27/h3-15H,16-17H2,1-2H3,(H3,26,27). The van der Waals surface area contributed by atoms with Crippen LogP contribution in [0.15, 0.2) is 78.4 Å². The van der Waals surface area contributed by atoms with Crippen molar-refractivity contribution in [1.82, 2.24) is 0 Å². The van der Waals surface area contributed by atoms with Gasteiger partial charge in [0, 0.05) is 5.56 Å². The molecule has 29 heavy (non-hydrogen) atoms. The van der Waals surface area contributed by atoms with Gasteiger partial charge in [0.2, 0.25) is 0 Å². The summed E-state index contributed by atoms with van der Waals surface area (Å²) in [6.07, 6.45) is 3.88. The minimum Gasteiger partial charge on any atom is -0.497 e. The molecule has 0 aromatic heterocycles. The quantitative estimate of drug-likeness (QED) is 0.429. The Morgan fingerprint density at radius 1 is 0.759 bits per heavy atom. The van der Waals surface area contributed by atoms with Crippen LogP contribution in [0.25, 0.3) is 6.08 Å². The number of hydrogen-bond donors (Lipinski definition) is 2. The summed E-state index contributed by atoms with van der Waals surface area (Å²) in [6.45, 7) is 0. The fourth-order valence-electron chi connectivity index (χ4n) is 3.17. The summed E-state index contributed by atoms with van der Waals surface area (Å²) in [5.74, 6) is 1.79. The number of methoxy groups -OCH3 is 2. The molecule has 0 saturated heterocycles. The van der Waals surface area contributed by atoms with E-state index in [-0.39, 0.29) is 5.84 Å². The summed E-state index contributed by atoms with van der Waals surface area (Å²) >= 11 is 0. The normalized spacial score (nSPS) is 10.3. The zero-order valence-electron chi connectivity index (χ0n) is 16.8. The van der Waals surface area contributed by atoms with Gasteiger partial charge in [-0.05, 0) is 53.8 Å². The number of benzene rings is 3. The van der Waals surface area contributed by atoms with Crippen molar-refractivity contribution in [2.75, 3.05) is 14.2 Å². The Morgan fingerprint density at radius 2 is 1.21 bits per heavy atom. The first kappa shape index (κ1) is 20.2. The minimum absolute atomic E-state index is 0.0808. The molecule has 0 aliphatic rings. The van der Waals surface area contributed by atoms with Crippen LogP contribution in [-0.4, -0.2) is 20.1 Å². The number of ether oxygens (including phenoxy) is 2. The maximum atomic E-state index is 7.55. The van der Waals surface area contributed by atoms with E-state index in [1.165, 1.54) is 16.7 Å². The van der Waals surface area contributed by atoms with Crippen LogP contribution in [0.3, 0.4) is 0 Å². The van der Waals surface area contributed by atoms with Gasteiger partial charge in [0.05, 0.1) is 14.2 Å². The second kappa shape index (κ2) is 9.60. The average molecular weight is 386 g/mol. The zero-order valence-corrected chi connectivity index (χ0v) is 16.8. The first-order valence-corrected chi connectivity index (χ1v) is 9.47. The topological polar surface area (TPSA) is 68.3 Å². The molecule has 0 heterocycles. The van der Waals surface area contributed by atoms with Crippen molar-refractivity contribution in [1.29, 1.82) is 5.41 Å². The number of nitrogens with two attached hydrogens (primary N) is 1. The van der Waals surface area contributed by atoms with Gasteiger partial charge >= 0.3 is 0 Å². The smallest absolute Gasteiger partial charge is 0.122 e. The van der Waals surface area contributed by atoms with Gasteiger partial charge in [0.1, 0.15) is 17.3 Å². The van der Waals surface area contributed by atoms with E-state index >= 15 is 0 Å². The third kappa shape index (κ3) is 5.72. The Kier molecular flexibility index (Phi) is 6.69. The summed E-state index contributed by atoms with van der Waals surface area (Å²) in [5, 5.41) is 7.55. The highest BCUT2D eigenvalue weighted by molar-refractivity contribution is 5.95. The van der Waals surface area contributed by atoms with Gasteiger partial charge in [-0.1, -0.05) is 60.2 Å². The van der Waals surface area contributed by atoms with Gasteiger partial charge in [0.25, 0.3) is 0 Å². The maximum absolute atomic E-state index is 7.55. The van der Waals surface area contributed by atoms with Crippen molar-refractivity contribution < 1.29 is 9.47 Å². The highest BCUT2D eigenvalue weighted by atomic mass is 16.5. The molecule has 0 saturated carbocycles. The molecule has 3 aromatic rings. The SMILES string of the molecule is COc1ccc(CC(=Cc2ccc(C(=N)N)cc2)Cc2ccc(OC)cc2)cc1. The summed E-state index contributed by atoms with van der Waals surface area (Å²) in [4.78, 5) is 0. The van der Waals surface area contributed by atoms with Crippen molar-refractivity contribution in [2.45, 2.75) is 12.8 Å². The number of allylic oxidation sites excluding steroid dienone is 1. The molecule has 0 radical (unpaired) electrons. The van der Waals surface area contributed by atoms with Crippen LogP contribution in [0, 0.1) is 5.41 Å². The lowest BCUT2D eigenvalue weighted by molar-refractivity contribution is 0.414. The van der Waals surface area contributed by atoms with Crippen molar-refractivity contribution in [3.05, 3.63) is 101 Å². The molecule has 0 spiro atoms. The molecule has 3 aromatic carbocycles. The van der Waals surface area contributed by atoms with Gasteiger partial charge in [0.15, 0.2) is 0 Å². The third-order valence-electron chi connectivity index (χ3n) is 4.77. The minimum atomic E-state index is 0.0808. The largest absolute Gasteiger partial charge is 0.497 e. The molecule has 3 N–H and O–H groups in total. The van der Waals surface area contributed by atoms with Crippen LogP contribution in [0.4, 0.5) is 0 Å². The Hall–Kier alpha value is -3.53. The number of amidine groups is 1. The molecule has 0 bridgehead atoms. The van der Waals surface area contributed by atoms with E-state index < -0.39 is 0 Å². The lowest BCUT2D eigenvalue weighted by atomic mass is 9.96. The maximum Gasteiger partial charge on any atom is 0.122 e. The highest BCUT2D eigenvalue weighted by Gasteiger charge is 2.05. The van der Waals surface area contributed by atoms with Gasteiger partial charge in [-0.15, -0.1) is 0 Å². The predicted octanol–water partition coefficient (Wildman–Crippen LogP) is 4.86. The molecule has 0 unspecified atom stereocenters. The summed E-state index contributed by atoms with van der Waals surface area (Å²) in [6, 6.07) is 24.1. The van der Waals surface area contributed by atoms with Crippen LogP contribution in [0.1, 0.15) is 22.3 Å². The Bertz CT molecular complexity index is 921. The second-order valence-electron chi connectivity index (χ2n) is 6.89. The number of nitrogen functional groups attached to an aromatic ring is 1. The molecule has 0 aliphatic carbocycles. The molecule has 148 valence electrons.